The van der Waals surface area contributed by atoms with Gasteiger partial charge in [-0.2, -0.15) is 0 Å². The molecule has 3 aliphatic carbocycles. The molecule has 7 nitrogen and oxygen atoms in total. The number of Topliss-reactive ketones (excluding diaryl/α,β-unsaturated/α-hetero) is 1. The van der Waals surface area contributed by atoms with Gasteiger partial charge in [0.15, 0.2) is 8.32 Å². The van der Waals surface area contributed by atoms with Crippen molar-refractivity contribution in [2.75, 3.05) is 20.8 Å². The molecule has 1 N–H and O–H groups in total. The van der Waals surface area contributed by atoms with Crippen molar-refractivity contribution in [3.8, 4) is 11.5 Å². The molecule has 3 fully saturated rings. The molecule has 0 aromatic heterocycles. The van der Waals surface area contributed by atoms with Gasteiger partial charge in [-0.1, -0.05) is 78.5 Å². The zero-order valence-electron chi connectivity index (χ0n) is 32.7. The Labute approximate surface area is 307 Å². The molecule has 5 rings (SSSR count). The topological polar surface area (TPSA) is 83.5 Å². The van der Waals surface area contributed by atoms with E-state index in [0.29, 0.717) is 31.6 Å². The number of ether oxygens (including phenoxy) is 4. The molecule has 8 atom stereocenters. The van der Waals surface area contributed by atoms with E-state index in [1.165, 1.54) is 0 Å². The van der Waals surface area contributed by atoms with Gasteiger partial charge >= 0.3 is 0 Å². The Morgan fingerprint density at radius 2 is 1.53 bits per heavy atom. The van der Waals surface area contributed by atoms with E-state index < -0.39 is 31.4 Å². The quantitative estimate of drug-likeness (QED) is 0.154. The SMILES string of the molecule is C=C[C@@H]1C[C@H](OCc2ccc(OC)cc2)C[C@]12C(=O)[C@@H]([C@H](O)C(=C)COCc1ccc(OC)cc1)[C@@H]1C(C)(C)[C@]1(O[Si](C)(C)C(C)(C)C)C[C@H]2C. The van der Waals surface area contributed by atoms with Crippen LogP contribution in [0.15, 0.2) is 73.3 Å². The molecule has 3 saturated carbocycles. The van der Waals surface area contributed by atoms with Gasteiger partial charge in [-0.3, -0.25) is 4.79 Å². The van der Waals surface area contributed by atoms with Gasteiger partial charge < -0.3 is 28.5 Å². The summed E-state index contributed by atoms with van der Waals surface area (Å²) in [5.74, 6) is 0.684. The second-order valence-electron chi connectivity index (χ2n) is 17.5. The first-order valence-corrected chi connectivity index (χ1v) is 21.5. The van der Waals surface area contributed by atoms with Gasteiger partial charge in [0.1, 0.15) is 17.3 Å². The van der Waals surface area contributed by atoms with Gasteiger partial charge in [-0.15, -0.1) is 6.58 Å². The molecule has 0 unspecified atom stereocenters. The third kappa shape index (κ3) is 7.16. The highest BCUT2D eigenvalue weighted by molar-refractivity contribution is 6.74. The third-order valence-electron chi connectivity index (χ3n) is 13.3. The van der Waals surface area contributed by atoms with Crippen molar-refractivity contribution < 1.29 is 33.3 Å². The van der Waals surface area contributed by atoms with E-state index in [1.807, 2.05) is 54.6 Å². The second-order valence-corrected chi connectivity index (χ2v) is 22.2. The molecule has 8 heteroatoms. The van der Waals surface area contributed by atoms with Crippen LogP contribution in [-0.4, -0.2) is 57.8 Å². The monoisotopic (exact) mass is 718 g/mol. The van der Waals surface area contributed by atoms with E-state index in [4.69, 9.17) is 23.4 Å². The van der Waals surface area contributed by atoms with Crippen LogP contribution < -0.4 is 9.47 Å². The van der Waals surface area contributed by atoms with Crippen molar-refractivity contribution in [1.82, 2.24) is 0 Å². The van der Waals surface area contributed by atoms with Crippen LogP contribution in [-0.2, 0) is 31.9 Å². The summed E-state index contributed by atoms with van der Waals surface area (Å²) in [5, 5.41) is 12.3. The minimum absolute atomic E-state index is 0.0200. The van der Waals surface area contributed by atoms with Crippen LogP contribution in [0, 0.1) is 34.5 Å². The lowest BCUT2D eigenvalue weighted by Gasteiger charge is -2.44. The summed E-state index contributed by atoms with van der Waals surface area (Å²) < 4.78 is 30.8. The Kier molecular flexibility index (Phi) is 11.3. The molecule has 0 saturated heterocycles. The minimum Gasteiger partial charge on any atom is -0.497 e. The fourth-order valence-corrected chi connectivity index (χ4v) is 10.9. The normalized spacial score (nSPS) is 30.7. The molecule has 280 valence electrons. The van der Waals surface area contributed by atoms with E-state index in [-0.39, 0.29) is 46.7 Å². The molecular weight excluding hydrogens is 657 g/mol. The summed E-state index contributed by atoms with van der Waals surface area (Å²) >= 11 is 0. The highest BCUT2D eigenvalue weighted by Crippen LogP contribution is 2.75. The molecule has 3 aliphatic rings. The molecule has 1 spiro atoms. The highest BCUT2D eigenvalue weighted by atomic mass is 28.4. The second kappa shape index (κ2) is 14.6. The number of benzene rings is 2. The van der Waals surface area contributed by atoms with Gasteiger partial charge in [0.25, 0.3) is 0 Å². The van der Waals surface area contributed by atoms with E-state index in [0.717, 1.165) is 29.0 Å². The summed E-state index contributed by atoms with van der Waals surface area (Å²) in [4.78, 5) is 15.6. The van der Waals surface area contributed by atoms with Crippen LogP contribution in [0.25, 0.3) is 0 Å². The van der Waals surface area contributed by atoms with Gasteiger partial charge in [0, 0.05) is 11.3 Å². The molecule has 51 heavy (non-hydrogen) atoms. The number of carbonyl (C=O) groups excluding carboxylic acids is 1. The van der Waals surface area contributed by atoms with E-state index >= 15 is 4.79 Å². The van der Waals surface area contributed by atoms with E-state index in [2.05, 4.69) is 67.8 Å². The average Bonchev–Trinajstić information content (AvgIpc) is 3.35. The predicted molar refractivity (Wildman–Crippen MR) is 205 cm³/mol. The van der Waals surface area contributed by atoms with Crippen molar-refractivity contribution in [3.63, 3.8) is 0 Å². The Bertz CT molecular complexity index is 1560. The zero-order chi connectivity index (χ0) is 37.6. The maximum Gasteiger partial charge on any atom is 0.192 e. The number of fused-ring (bicyclic) bond motifs is 1. The van der Waals surface area contributed by atoms with Gasteiger partial charge in [-0.25, -0.2) is 0 Å². The van der Waals surface area contributed by atoms with Crippen LogP contribution in [0.1, 0.15) is 71.9 Å². The largest absolute Gasteiger partial charge is 0.497 e. The number of ketones is 1. The molecule has 0 radical (unpaired) electrons. The fourth-order valence-electron chi connectivity index (χ4n) is 9.18. The van der Waals surface area contributed by atoms with Crippen molar-refractivity contribution in [1.29, 1.82) is 0 Å². The predicted octanol–water partition coefficient (Wildman–Crippen LogP) is 8.95. The fraction of sp³-hybridized carbons (Fsp3) is 0.605. The number of hydrogen-bond acceptors (Lipinski definition) is 7. The Morgan fingerprint density at radius 3 is 2.04 bits per heavy atom. The number of allylic oxidation sites excluding steroid dienone is 1. The third-order valence-corrected chi connectivity index (χ3v) is 17.8. The summed E-state index contributed by atoms with van der Waals surface area (Å²) in [6.45, 7) is 27.6. The van der Waals surface area contributed by atoms with Gasteiger partial charge in [-0.05, 0) is 95.6 Å². The van der Waals surface area contributed by atoms with Crippen LogP contribution in [0.3, 0.4) is 0 Å². The van der Waals surface area contributed by atoms with Gasteiger partial charge in [0.05, 0.1) is 57.8 Å². The van der Waals surface area contributed by atoms with E-state index in [9.17, 15) is 5.11 Å². The Balaban J connectivity index is 1.46. The van der Waals surface area contributed by atoms with Crippen LogP contribution in [0.5, 0.6) is 11.5 Å². The highest BCUT2D eigenvalue weighted by Gasteiger charge is 2.80. The van der Waals surface area contributed by atoms with Crippen molar-refractivity contribution >= 4 is 14.1 Å². The van der Waals surface area contributed by atoms with Gasteiger partial charge in [0.2, 0.25) is 0 Å². The molecule has 2 aromatic rings. The molecule has 0 heterocycles. The van der Waals surface area contributed by atoms with Crippen LogP contribution in [0.2, 0.25) is 18.1 Å². The molecule has 0 aliphatic heterocycles. The minimum atomic E-state index is -2.29. The first kappa shape index (κ1) is 39.5. The number of aliphatic hydroxyl groups is 1. The summed E-state index contributed by atoms with van der Waals surface area (Å²) in [7, 11) is 1.01. The Morgan fingerprint density at radius 1 is 0.980 bits per heavy atom. The number of rotatable bonds is 14. The van der Waals surface area contributed by atoms with E-state index in [1.54, 1.807) is 14.2 Å². The Hall–Kier alpha value is -2.75. The lowest BCUT2D eigenvalue weighted by Crippen LogP contribution is -2.48. The standard InChI is InChI=1S/C43H62O7Si/c1-13-32-22-35(49-27-31-16-20-34(47-10)21-17-31)24-42(32)29(3)23-43(50-51(11,12)40(4,5)6)38(41(43,7)8)36(39(42)45)37(44)28(2)25-48-26-30-14-18-33(46-9)19-15-30/h13-21,29,32,35-38,44H,1-2,22-27H2,3-12H3/t29-,32-,35+,36+,37-,38-,42-,43+/m1/s1. The van der Waals surface area contributed by atoms with Crippen LogP contribution >= 0.6 is 0 Å². The first-order valence-electron chi connectivity index (χ1n) is 18.6. The first-order chi connectivity index (χ1) is 23.9. The number of aliphatic hydroxyl groups excluding tert-OH is 1. The molecular formula is C43H62O7Si. The molecule has 0 amide bonds. The maximum absolute atomic E-state index is 15.6. The number of hydrogen-bond donors (Lipinski definition) is 1. The number of carbonyl (C=O) groups is 1. The maximum atomic E-state index is 15.6. The summed E-state index contributed by atoms with van der Waals surface area (Å²) in [5.41, 5.74) is 0.915. The zero-order valence-corrected chi connectivity index (χ0v) is 33.7. The average molecular weight is 719 g/mol. The summed E-state index contributed by atoms with van der Waals surface area (Å²) in [6.07, 6.45) is 2.76. The lowest BCUT2D eigenvalue weighted by molar-refractivity contribution is -0.142. The van der Waals surface area contributed by atoms with Crippen molar-refractivity contribution in [2.45, 2.75) is 110 Å². The van der Waals surface area contributed by atoms with Crippen LogP contribution in [0.4, 0.5) is 0 Å². The lowest BCUT2D eigenvalue weighted by atomic mass is 9.61. The van der Waals surface area contributed by atoms with Crippen molar-refractivity contribution in [3.05, 3.63) is 84.5 Å². The number of methoxy groups -OCH3 is 2. The smallest absolute Gasteiger partial charge is 0.192 e. The molecule has 2 aromatic carbocycles. The summed E-state index contributed by atoms with van der Waals surface area (Å²) in [6, 6.07) is 15.6. The molecule has 0 bridgehead atoms. The van der Waals surface area contributed by atoms with Crippen molar-refractivity contribution in [2.24, 2.45) is 34.5 Å².